The average molecular weight is 726 g/mol. The molecule has 3 fully saturated rings. The molecule has 50 heavy (non-hydrogen) atoms. The van der Waals surface area contributed by atoms with Crippen LogP contribution >= 0.6 is 0 Å². The third kappa shape index (κ3) is 7.96. The van der Waals surface area contributed by atoms with Crippen molar-refractivity contribution in [2.45, 2.75) is 97.6 Å². The molecule has 3 aromatic carbocycles. The van der Waals surface area contributed by atoms with Crippen molar-refractivity contribution in [3.63, 3.8) is 0 Å². The molecule has 2 heterocycles. The molecule has 1 spiro atoms. The predicted molar refractivity (Wildman–Crippen MR) is 194 cm³/mol. The molecular formula is C38H51N3O7S2. The van der Waals surface area contributed by atoms with Crippen LogP contribution in [0.1, 0.15) is 64.9 Å². The van der Waals surface area contributed by atoms with Gasteiger partial charge in [0.2, 0.25) is 10.0 Å². The van der Waals surface area contributed by atoms with Crippen LogP contribution in [0.4, 0.5) is 0 Å². The SMILES string of the molecule is CC(C)(C)NCc1c(-c2ccccc2)cccc1S(=O)(=O)N1CCC2(CC1)C[C@@H](NCCCOc1cccc(S(=O)(=O)C3(CO)CC3)c1)CO2. The molecule has 3 aromatic rings. The first-order valence-electron chi connectivity index (χ1n) is 17.7. The zero-order chi connectivity index (χ0) is 35.6. The summed E-state index contributed by atoms with van der Waals surface area (Å²) >= 11 is 0. The minimum absolute atomic E-state index is 0.164. The normalized spacial score (nSPS) is 20.6. The number of ether oxygens (including phenoxy) is 2. The molecule has 1 aliphatic carbocycles. The van der Waals surface area contributed by atoms with Gasteiger partial charge in [-0.1, -0.05) is 48.5 Å². The standard InChI is InChI=1S/C38H51N3O7S2/c1-36(2,3)40-26-34-33(29-10-5-4-6-11-29)14-8-15-35(34)50(45,46)41-21-18-37(19-22-41)25-30(27-48-37)39-20-9-23-47-31-12-7-13-32(24-31)49(43,44)38(28-42)16-17-38/h4-8,10-15,24,30,39-40,42H,9,16-23,25-28H2,1-3H3/t30-/m1/s1. The van der Waals surface area contributed by atoms with E-state index in [0.29, 0.717) is 75.7 Å². The minimum Gasteiger partial charge on any atom is -0.494 e. The number of sulfone groups is 1. The number of nitrogens with zero attached hydrogens (tertiary/aromatic N) is 1. The lowest BCUT2D eigenvalue weighted by Crippen LogP contribution is -2.47. The summed E-state index contributed by atoms with van der Waals surface area (Å²) in [5, 5.41) is 16.7. The Bertz CT molecular complexity index is 1850. The van der Waals surface area contributed by atoms with Crippen LogP contribution < -0.4 is 15.4 Å². The number of aliphatic hydroxyl groups is 1. The van der Waals surface area contributed by atoms with Crippen LogP contribution in [-0.4, -0.2) is 87.6 Å². The summed E-state index contributed by atoms with van der Waals surface area (Å²) in [4.78, 5) is 0.539. The fourth-order valence-electron chi connectivity index (χ4n) is 7.03. The summed E-state index contributed by atoms with van der Waals surface area (Å²) in [6.45, 7) is 8.80. The van der Waals surface area contributed by atoms with Gasteiger partial charge < -0.3 is 25.2 Å². The van der Waals surface area contributed by atoms with Crippen molar-refractivity contribution in [2.75, 3.05) is 39.5 Å². The summed E-state index contributed by atoms with van der Waals surface area (Å²) in [5.41, 5.74) is 2.16. The van der Waals surface area contributed by atoms with E-state index in [0.717, 1.165) is 29.5 Å². The van der Waals surface area contributed by atoms with E-state index in [1.54, 1.807) is 34.6 Å². The van der Waals surface area contributed by atoms with E-state index in [1.807, 2.05) is 42.5 Å². The Morgan fingerprint density at radius 1 is 0.940 bits per heavy atom. The molecule has 0 unspecified atom stereocenters. The molecule has 0 amide bonds. The van der Waals surface area contributed by atoms with Crippen LogP contribution in [0.3, 0.4) is 0 Å². The number of benzene rings is 3. The van der Waals surface area contributed by atoms with Gasteiger partial charge in [-0.2, -0.15) is 4.31 Å². The maximum atomic E-state index is 14.2. The molecule has 1 atom stereocenters. The first kappa shape index (κ1) is 36.9. The molecule has 6 rings (SSSR count). The topological polar surface area (TPSA) is 134 Å². The van der Waals surface area contributed by atoms with Gasteiger partial charge in [0, 0.05) is 31.2 Å². The second-order valence-corrected chi connectivity index (χ2v) is 19.3. The molecule has 3 aliphatic rings. The van der Waals surface area contributed by atoms with Crippen LogP contribution in [0, 0.1) is 0 Å². The van der Waals surface area contributed by atoms with Crippen molar-refractivity contribution in [1.82, 2.24) is 14.9 Å². The number of piperidine rings is 1. The highest BCUT2D eigenvalue weighted by atomic mass is 32.2. The van der Waals surface area contributed by atoms with E-state index in [1.165, 1.54) is 0 Å². The monoisotopic (exact) mass is 725 g/mol. The lowest BCUT2D eigenvalue weighted by Gasteiger charge is -2.38. The fraction of sp³-hybridized carbons (Fsp3) is 0.526. The maximum Gasteiger partial charge on any atom is 0.243 e. The van der Waals surface area contributed by atoms with Crippen molar-refractivity contribution in [1.29, 1.82) is 0 Å². The Kier molecular flexibility index (Phi) is 10.8. The lowest BCUT2D eigenvalue weighted by atomic mass is 9.88. The van der Waals surface area contributed by atoms with Gasteiger partial charge in [-0.15, -0.1) is 0 Å². The van der Waals surface area contributed by atoms with Gasteiger partial charge in [-0.3, -0.25) is 0 Å². The molecule has 10 nitrogen and oxygen atoms in total. The molecule has 3 N–H and O–H groups in total. The smallest absolute Gasteiger partial charge is 0.243 e. The molecule has 12 heteroatoms. The van der Waals surface area contributed by atoms with Gasteiger partial charge in [-0.25, -0.2) is 16.8 Å². The Morgan fingerprint density at radius 2 is 1.66 bits per heavy atom. The van der Waals surface area contributed by atoms with E-state index in [-0.39, 0.29) is 28.7 Å². The Hall–Kier alpha value is -2.84. The second kappa shape index (κ2) is 14.7. The van der Waals surface area contributed by atoms with Gasteiger partial charge in [0.05, 0.1) is 40.0 Å². The van der Waals surface area contributed by atoms with Crippen LogP contribution in [0.15, 0.2) is 82.6 Å². The first-order valence-corrected chi connectivity index (χ1v) is 20.6. The van der Waals surface area contributed by atoms with E-state index in [9.17, 15) is 21.9 Å². The van der Waals surface area contributed by atoms with Gasteiger partial charge in [0.15, 0.2) is 9.84 Å². The highest BCUT2D eigenvalue weighted by Crippen LogP contribution is 2.46. The van der Waals surface area contributed by atoms with Crippen molar-refractivity contribution >= 4 is 19.9 Å². The van der Waals surface area contributed by atoms with Crippen LogP contribution in [-0.2, 0) is 31.1 Å². The molecule has 272 valence electrons. The highest BCUT2D eigenvalue weighted by Gasteiger charge is 2.54. The number of hydrogen-bond acceptors (Lipinski definition) is 9. The van der Waals surface area contributed by atoms with Gasteiger partial charge >= 0.3 is 0 Å². The minimum atomic E-state index is -3.75. The quantitative estimate of drug-likeness (QED) is 0.198. The maximum absolute atomic E-state index is 14.2. The van der Waals surface area contributed by atoms with Crippen LogP contribution in [0.25, 0.3) is 11.1 Å². The van der Waals surface area contributed by atoms with Crippen LogP contribution in [0.5, 0.6) is 5.75 Å². The third-order valence-electron chi connectivity index (χ3n) is 10.3. The third-order valence-corrected chi connectivity index (χ3v) is 14.8. The molecule has 0 bridgehead atoms. The Morgan fingerprint density at radius 3 is 2.34 bits per heavy atom. The molecule has 1 saturated carbocycles. The first-order chi connectivity index (χ1) is 23.8. The van der Waals surface area contributed by atoms with Crippen LogP contribution in [0.2, 0.25) is 0 Å². The molecular weight excluding hydrogens is 675 g/mol. The van der Waals surface area contributed by atoms with Crippen molar-refractivity contribution in [2.24, 2.45) is 0 Å². The van der Waals surface area contributed by atoms with Crippen molar-refractivity contribution in [3.8, 4) is 16.9 Å². The van der Waals surface area contributed by atoms with E-state index < -0.39 is 24.6 Å². The number of nitrogens with one attached hydrogen (secondary N) is 2. The molecule has 0 radical (unpaired) electrons. The molecule has 0 aromatic heterocycles. The average Bonchev–Trinajstić information content (AvgIpc) is 3.83. The number of aliphatic hydroxyl groups excluding tert-OH is 1. The Labute approximate surface area is 297 Å². The summed E-state index contributed by atoms with van der Waals surface area (Å²) in [6, 6.07) is 22.2. The zero-order valence-corrected chi connectivity index (χ0v) is 31.0. The summed E-state index contributed by atoms with van der Waals surface area (Å²) in [6.07, 6.45) is 3.77. The summed E-state index contributed by atoms with van der Waals surface area (Å²) < 4.78 is 67.1. The van der Waals surface area contributed by atoms with E-state index in [4.69, 9.17) is 9.47 Å². The van der Waals surface area contributed by atoms with Gasteiger partial charge in [0.1, 0.15) is 5.75 Å². The van der Waals surface area contributed by atoms with Crippen molar-refractivity contribution in [3.05, 3.63) is 78.4 Å². The molecule has 2 saturated heterocycles. The summed E-state index contributed by atoms with van der Waals surface area (Å²) in [7, 11) is -7.35. The highest BCUT2D eigenvalue weighted by molar-refractivity contribution is 7.93. The lowest BCUT2D eigenvalue weighted by molar-refractivity contribution is -0.0311. The zero-order valence-electron chi connectivity index (χ0n) is 29.4. The Balaban J connectivity index is 1.01. The largest absolute Gasteiger partial charge is 0.494 e. The van der Waals surface area contributed by atoms with E-state index in [2.05, 4.69) is 31.4 Å². The second-order valence-electron chi connectivity index (χ2n) is 15.0. The van der Waals surface area contributed by atoms with E-state index >= 15 is 0 Å². The predicted octanol–water partition coefficient (Wildman–Crippen LogP) is 4.91. The fourth-order valence-corrected chi connectivity index (χ4v) is 10.6. The number of hydrogen-bond donors (Lipinski definition) is 3. The van der Waals surface area contributed by atoms with Gasteiger partial charge in [0.25, 0.3) is 0 Å². The van der Waals surface area contributed by atoms with Crippen molar-refractivity contribution < 1.29 is 31.4 Å². The van der Waals surface area contributed by atoms with Gasteiger partial charge in [-0.05, 0) is 107 Å². The number of sulfonamides is 1. The summed E-state index contributed by atoms with van der Waals surface area (Å²) in [5.74, 6) is 0.494. The molecule has 2 aliphatic heterocycles. The number of rotatable bonds is 14.